The van der Waals surface area contributed by atoms with Gasteiger partial charge in [0.1, 0.15) is 11.5 Å². The standard InChI is InChI=1S/C26H27N3O4/c1-17-24(27-25(30)22-13-6-7-14-23(22)26(31)32)18(2)29(28-17)16-19-9-8-12-21(15-19)33-20-10-4-3-5-11-20/h3-12,15,22-23H,13-14,16H2,1-2H3,(H,27,30)(H,31,32)/t22-,23+/m1/s1. The lowest BCUT2D eigenvalue weighted by Gasteiger charge is -2.24. The van der Waals surface area contributed by atoms with Gasteiger partial charge >= 0.3 is 5.97 Å². The van der Waals surface area contributed by atoms with Crippen LogP contribution in [-0.4, -0.2) is 26.8 Å². The minimum absolute atomic E-state index is 0.282. The zero-order valence-corrected chi connectivity index (χ0v) is 18.7. The summed E-state index contributed by atoms with van der Waals surface area (Å²) in [6.07, 6.45) is 4.49. The van der Waals surface area contributed by atoms with Gasteiger partial charge < -0.3 is 15.2 Å². The molecule has 2 N–H and O–H groups in total. The van der Waals surface area contributed by atoms with Crippen LogP contribution >= 0.6 is 0 Å². The number of hydrogen-bond acceptors (Lipinski definition) is 4. The number of carboxylic acid groups (broad SMARTS) is 1. The number of nitrogens with zero attached hydrogens (tertiary/aromatic N) is 2. The molecule has 0 fully saturated rings. The molecule has 1 aromatic heterocycles. The lowest BCUT2D eigenvalue weighted by atomic mass is 9.82. The number of benzene rings is 2. The number of aromatic nitrogens is 2. The summed E-state index contributed by atoms with van der Waals surface area (Å²) in [5.41, 5.74) is 3.15. The summed E-state index contributed by atoms with van der Waals surface area (Å²) < 4.78 is 7.76. The zero-order chi connectivity index (χ0) is 23.4. The number of carbonyl (C=O) groups is 2. The second kappa shape index (κ2) is 9.73. The van der Waals surface area contributed by atoms with Gasteiger partial charge in [-0.25, -0.2) is 0 Å². The highest BCUT2D eigenvalue weighted by molar-refractivity contribution is 5.96. The first-order chi connectivity index (χ1) is 15.9. The first kappa shape index (κ1) is 22.3. The number of anilines is 1. The number of nitrogens with one attached hydrogen (secondary N) is 1. The zero-order valence-electron chi connectivity index (χ0n) is 18.7. The Morgan fingerprint density at radius 3 is 2.45 bits per heavy atom. The van der Waals surface area contributed by atoms with E-state index in [1.54, 1.807) is 0 Å². The molecule has 0 unspecified atom stereocenters. The fourth-order valence-electron chi connectivity index (χ4n) is 4.13. The number of ether oxygens (including phenoxy) is 1. The van der Waals surface area contributed by atoms with Crippen LogP contribution in [0.4, 0.5) is 5.69 Å². The Hall–Kier alpha value is -3.87. The van der Waals surface area contributed by atoms with Gasteiger partial charge in [-0.2, -0.15) is 5.10 Å². The average Bonchev–Trinajstić information content (AvgIpc) is 3.07. The molecule has 1 aliphatic rings. The van der Waals surface area contributed by atoms with Crippen molar-refractivity contribution in [3.8, 4) is 11.5 Å². The van der Waals surface area contributed by atoms with Crippen LogP contribution in [0.15, 0.2) is 66.7 Å². The molecule has 4 rings (SSSR count). The van der Waals surface area contributed by atoms with Gasteiger partial charge in [0.2, 0.25) is 5.91 Å². The Bertz CT molecular complexity index is 1180. The Kier molecular flexibility index (Phi) is 6.58. The second-order valence-electron chi connectivity index (χ2n) is 8.25. The van der Waals surface area contributed by atoms with Gasteiger partial charge in [-0.15, -0.1) is 0 Å². The van der Waals surface area contributed by atoms with Crippen LogP contribution in [0.5, 0.6) is 11.5 Å². The van der Waals surface area contributed by atoms with Gasteiger partial charge in [-0.3, -0.25) is 14.3 Å². The smallest absolute Gasteiger partial charge is 0.307 e. The molecular formula is C26H27N3O4. The molecule has 0 radical (unpaired) electrons. The van der Waals surface area contributed by atoms with E-state index >= 15 is 0 Å². The normalized spacial score (nSPS) is 17.5. The Morgan fingerprint density at radius 1 is 1.03 bits per heavy atom. The number of allylic oxidation sites excluding steroid dienone is 2. The Balaban J connectivity index is 1.49. The topological polar surface area (TPSA) is 93.5 Å². The summed E-state index contributed by atoms with van der Waals surface area (Å²) in [5.74, 6) is -1.03. The van der Waals surface area contributed by atoms with Crippen molar-refractivity contribution < 1.29 is 19.4 Å². The maximum atomic E-state index is 12.9. The second-order valence-corrected chi connectivity index (χ2v) is 8.25. The van der Waals surface area contributed by atoms with Crippen LogP contribution in [0.2, 0.25) is 0 Å². The van der Waals surface area contributed by atoms with Crippen LogP contribution in [0, 0.1) is 25.7 Å². The molecule has 1 heterocycles. The quantitative estimate of drug-likeness (QED) is 0.502. The minimum Gasteiger partial charge on any atom is -0.481 e. The van der Waals surface area contributed by atoms with Crippen molar-refractivity contribution in [2.45, 2.75) is 33.2 Å². The highest BCUT2D eigenvalue weighted by Crippen LogP contribution is 2.29. The van der Waals surface area contributed by atoms with Gasteiger partial charge in [0.25, 0.3) is 0 Å². The van der Waals surface area contributed by atoms with E-state index in [9.17, 15) is 14.7 Å². The third-order valence-electron chi connectivity index (χ3n) is 5.93. The number of hydrogen-bond donors (Lipinski definition) is 2. The predicted octanol–water partition coefficient (Wildman–Crippen LogP) is 4.95. The monoisotopic (exact) mass is 445 g/mol. The van der Waals surface area contributed by atoms with E-state index < -0.39 is 17.8 Å². The van der Waals surface area contributed by atoms with Crippen molar-refractivity contribution in [1.29, 1.82) is 0 Å². The maximum Gasteiger partial charge on any atom is 0.307 e. The first-order valence-electron chi connectivity index (χ1n) is 11.0. The maximum absolute atomic E-state index is 12.9. The summed E-state index contributed by atoms with van der Waals surface area (Å²) in [7, 11) is 0. The molecule has 7 nitrogen and oxygen atoms in total. The summed E-state index contributed by atoms with van der Waals surface area (Å²) in [6.45, 7) is 4.25. The van der Waals surface area contributed by atoms with E-state index in [0.29, 0.717) is 30.8 Å². The van der Waals surface area contributed by atoms with E-state index in [-0.39, 0.29) is 5.91 Å². The van der Waals surface area contributed by atoms with Crippen LogP contribution in [-0.2, 0) is 16.1 Å². The molecule has 3 aromatic rings. The van der Waals surface area contributed by atoms with Crippen LogP contribution in [0.25, 0.3) is 0 Å². The summed E-state index contributed by atoms with van der Waals surface area (Å²) in [6, 6.07) is 17.4. The molecule has 33 heavy (non-hydrogen) atoms. The highest BCUT2D eigenvalue weighted by atomic mass is 16.5. The number of rotatable bonds is 7. The SMILES string of the molecule is Cc1nn(Cc2cccc(Oc3ccccc3)c2)c(C)c1NC(=O)[C@@H]1CC=CC[C@@H]1C(=O)O. The molecule has 0 spiro atoms. The van der Waals surface area contributed by atoms with Crippen LogP contribution < -0.4 is 10.1 Å². The third-order valence-corrected chi connectivity index (χ3v) is 5.93. The minimum atomic E-state index is -0.943. The summed E-state index contributed by atoms with van der Waals surface area (Å²) in [4.78, 5) is 24.5. The Morgan fingerprint density at radius 2 is 1.73 bits per heavy atom. The van der Waals surface area contributed by atoms with E-state index in [1.165, 1.54) is 0 Å². The first-order valence-corrected chi connectivity index (χ1v) is 11.0. The summed E-state index contributed by atoms with van der Waals surface area (Å²) in [5, 5.41) is 17.0. The highest BCUT2D eigenvalue weighted by Gasteiger charge is 2.34. The molecule has 0 aliphatic heterocycles. The van der Waals surface area contributed by atoms with Gasteiger partial charge in [-0.05, 0) is 56.5 Å². The molecule has 7 heteroatoms. The average molecular weight is 446 g/mol. The summed E-state index contributed by atoms with van der Waals surface area (Å²) >= 11 is 0. The molecule has 170 valence electrons. The molecule has 0 saturated carbocycles. The molecule has 2 atom stereocenters. The van der Waals surface area contributed by atoms with Crippen LogP contribution in [0.1, 0.15) is 29.8 Å². The van der Waals surface area contributed by atoms with E-state index in [1.807, 2.05) is 85.3 Å². The van der Waals surface area contributed by atoms with Crippen LogP contribution in [0.3, 0.4) is 0 Å². The van der Waals surface area contributed by atoms with Gasteiger partial charge in [0, 0.05) is 0 Å². The van der Waals surface area contributed by atoms with Crippen molar-refractivity contribution in [3.63, 3.8) is 0 Å². The van der Waals surface area contributed by atoms with Gasteiger partial charge in [-0.1, -0.05) is 42.5 Å². The van der Waals surface area contributed by atoms with E-state index in [0.717, 1.165) is 22.8 Å². The van der Waals surface area contributed by atoms with Crippen molar-refractivity contribution in [1.82, 2.24) is 9.78 Å². The van der Waals surface area contributed by atoms with Crippen molar-refractivity contribution in [3.05, 3.63) is 83.7 Å². The van der Waals surface area contributed by atoms with E-state index in [2.05, 4.69) is 10.4 Å². The van der Waals surface area contributed by atoms with Gasteiger partial charge in [0.15, 0.2) is 0 Å². The lowest BCUT2D eigenvalue weighted by Crippen LogP contribution is -2.35. The largest absolute Gasteiger partial charge is 0.481 e. The number of aliphatic carboxylic acids is 1. The fourth-order valence-corrected chi connectivity index (χ4v) is 4.13. The van der Waals surface area contributed by atoms with Crippen molar-refractivity contribution in [2.75, 3.05) is 5.32 Å². The van der Waals surface area contributed by atoms with Crippen molar-refractivity contribution in [2.24, 2.45) is 11.8 Å². The molecule has 2 aromatic carbocycles. The molecule has 0 bridgehead atoms. The number of amides is 1. The fraction of sp³-hybridized carbons (Fsp3) is 0.269. The molecule has 1 amide bonds. The predicted molar refractivity (Wildman–Crippen MR) is 125 cm³/mol. The number of para-hydroxylation sites is 1. The lowest BCUT2D eigenvalue weighted by molar-refractivity contribution is -0.146. The molecule has 1 aliphatic carbocycles. The van der Waals surface area contributed by atoms with Crippen molar-refractivity contribution >= 4 is 17.6 Å². The molecule has 0 saturated heterocycles. The number of carboxylic acids is 1. The van der Waals surface area contributed by atoms with Gasteiger partial charge in [0.05, 0.1) is 35.5 Å². The third kappa shape index (κ3) is 5.14. The number of carbonyl (C=O) groups excluding carboxylic acids is 1. The number of aryl methyl sites for hydroxylation is 1. The molecular weight excluding hydrogens is 418 g/mol. The van der Waals surface area contributed by atoms with E-state index in [4.69, 9.17) is 4.74 Å². The Labute approximate surface area is 192 Å².